The van der Waals surface area contributed by atoms with Crippen LogP contribution in [0, 0.1) is 0 Å². The molecule has 1 aromatic rings. The molecule has 1 unspecified atom stereocenters. The quantitative estimate of drug-likeness (QED) is 0.756. The lowest BCUT2D eigenvalue weighted by atomic mass is 10.3. The fraction of sp³-hybridized carbons (Fsp3) is 0.500. The van der Waals surface area contributed by atoms with Crippen LogP contribution in [0.4, 0.5) is 4.79 Å². The summed E-state index contributed by atoms with van der Waals surface area (Å²) in [7, 11) is 0. The smallest absolute Gasteiger partial charge is 0.314 e. The molecule has 0 saturated heterocycles. The largest absolute Gasteiger partial charge is 0.492 e. The lowest BCUT2D eigenvalue weighted by molar-refractivity contribution is 0.236. The van der Waals surface area contributed by atoms with E-state index in [9.17, 15) is 4.79 Å². The van der Waals surface area contributed by atoms with Crippen molar-refractivity contribution in [2.75, 3.05) is 13.2 Å². The third-order valence-corrected chi connectivity index (χ3v) is 3.00. The maximum Gasteiger partial charge on any atom is 0.314 e. The van der Waals surface area contributed by atoms with Gasteiger partial charge in [-0.25, -0.2) is 4.79 Å². The molecule has 5 heteroatoms. The van der Waals surface area contributed by atoms with Crippen LogP contribution in [0.5, 0.6) is 5.75 Å². The second kappa shape index (κ2) is 8.64. The standard InChI is InChI=1S/C14H21ClN2O2/c1-3-11(2)17-14(18)16-9-6-10-19-13-8-5-4-7-12(13)15/h4-5,7-8,11H,3,6,9-10H2,1-2H3,(H2,16,17,18). The number of urea groups is 1. The molecule has 1 atom stereocenters. The molecule has 1 rings (SSSR count). The topological polar surface area (TPSA) is 50.4 Å². The van der Waals surface area contributed by atoms with Crippen LogP contribution in [0.1, 0.15) is 26.7 Å². The first-order valence-electron chi connectivity index (χ1n) is 6.55. The molecule has 1 aromatic carbocycles. The minimum absolute atomic E-state index is 0.132. The zero-order valence-electron chi connectivity index (χ0n) is 11.4. The molecular formula is C14H21ClN2O2. The number of benzene rings is 1. The Bertz CT molecular complexity index is 399. The minimum Gasteiger partial charge on any atom is -0.492 e. The average Bonchev–Trinajstić information content (AvgIpc) is 2.40. The van der Waals surface area contributed by atoms with Crippen molar-refractivity contribution in [3.05, 3.63) is 29.3 Å². The van der Waals surface area contributed by atoms with Gasteiger partial charge in [-0.2, -0.15) is 0 Å². The molecule has 0 bridgehead atoms. The van der Waals surface area contributed by atoms with Gasteiger partial charge in [-0.05, 0) is 31.9 Å². The Morgan fingerprint density at radius 1 is 1.42 bits per heavy atom. The Hall–Kier alpha value is -1.42. The highest BCUT2D eigenvalue weighted by molar-refractivity contribution is 6.32. The minimum atomic E-state index is -0.132. The summed E-state index contributed by atoms with van der Waals surface area (Å²) in [6.45, 7) is 5.10. The fourth-order valence-electron chi connectivity index (χ4n) is 1.39. The van der Waals surface area contributed by atoms with Crippen molar-refractivity contribution in [1.82, 2.24) is 10.6 Å². The van der Waals surface area contributed by atoms with E-state index in [1.54, 1.807) is 6.07 Å². The van der Waals surface area contributed by atoms with Gasteiger partial charge in [-0.15, -0.1) is 0 Å². The number of amides is 2. The highest BCUT2D eigenvalue weighted by atomic mass is 35.5. The fourth-order valence-corrected chi connectivity index (χ4v) is 1.59. The van der Waals surface area contributed by atoms with Crippen molar-refractivity contribution in [2.24, 2.45) is 0 Å². The highest BCUT2D eigenvalue weighted by Gasteiger charge is 2.04. The predicted molar refractivity (Wildman–Crippen MR) is 77.9 cm³/mol. The monoisotopic (exact) mass is 284 g/mol. The lowest BCUT2D eigenvalue weighted by Gasteiger charge is -2.12. The van der Waals surface area contributed by atoms with Crippen LogP contribution in [-0.2, 0) is 0 Å². The molecule has 0 spiro atoms. The van der Waals surface area contributed by atoms with Gasteiger partial charge in [-0.3, -0.25) is 0 Å². The van der Waals surface area contributed by atoms with Gasteiger partial charge < -0.3 is 15.4 Å². The highest BCUT2D eigenvalue weighted by Crippen LogP contribution is 2.22. The molecule has 4 nitrogen and oxygen atoms in total. The van der Waals surface area contributed by atoms with E-state index in [2.05, 4.69) is 10.6 Å². The van der Waals surface area contributed by atoms with Crippen molar-refractivity contribution < 1.29 is 9.53 Å². The predicted octanol–water partition coefficient (Wildman–Crippen LogP) is 3.21. The van der Waals surface area contributed by atoms with Gasteiger partial charge in [0.05, 0.1) is 11.6 Å². The summed E-state index contributed by atoms with van der Waals surface area (Å²) in [6, 6.07) is 7.40. The molecule has 0 saturated carbocycles. The maximum absolute atomic E-state index is 11.4. The second-order valence-corrected chi connectivity index (χ2v) is 4.75. The van der Waals surface area contributed by atoms with E-state index in [0.29, 0.717) is 23.9 Å². The van der Waals surface area contributed by atoms with Crippen molar-refractivity contribution in [3.63, 3.8) is 0 Å². The van der Waals surface area contributed by atoms with E-state index in [4.69, 9.17) is 16.3 Å². The molecular weight excluding hydrogens is 264 g/mol. The average molecular weight is 285 g/mol. The molecule has 0 fully saturated rings. The number of hydrogen-bond acceptors (Lipinski definition) is 2. The van der Waals surface area contributed by atoms with E-state index < -0.39 is 0 Å². The third kappa shape index (κ3) is 6.34. The van der Waals surface area contributed by atoms with Crippen LogP contribution in [0.2, 0.25) is 5.02 Å². The molecule has 0 heterocycles. The van der Waals surface area contributed by atoms with Crippen LogP contribution in [0.3, 0.4) is 0 Å². The number of halogens is 1. The van der Waals surface area contributed by atoms with Gasteiger partial charge >= 0.3 is 6.03 Å². The first-order chi connectivity index (χ1) is 9.13. The van der Waals surface area contributed by atoms with Crippen LogP contribution in [0.25, 0.3) is 0 Å². The Kier molecular flexibility index (Phi) is 7.11. The number of para-hydroxylation sites is 1. The summed E-state index contributed by atoms with van der Waals surface area (Å²) < 4.78 is 5.52. The van der Waals surface area contributed by atoms with Gasteiger partial charge in [-0.1, -0.05) is 30.7 Å². The maximum atomic E-state index is 11.4. The van der Waals surface area contributed by atoms with E-state index in [1.165, 1.54) is 0 Å². The summed E-state index contributed by atoms with van der Waals surface area (Å²) in [5.41, 5.74) is 0. The van der Waals surface area contributed by atoms with E-state index >= 15 is 0 Å². The molecule has 2 amide bonds. The Morgan fingerprint density at radius 2 is 2.16 bits per heavy atom. The van der Waals surface area contributed by atoms with Gasteiger partial charge in [0.15, 0.2) is 0 Å². The number of ether oxygens (including phenoxy) is 1. The van der Waals surface area contributed by atoms with Crippen molar-refractivity contribution >= 4 is 17.6 Å². The van der Waals surface area contributed by atoms with Gasteiger partial charge in [0.1, 0.15) is 5.75 Å². The van der Waals surface area contributed by atoms with E-state index in [1.807, 2.05) is 32.0 Å². The SMILES string of the molecule is CCC(C)NC(=O)NCCCOc1ccccc1Cl. The van der Waals surface area contributed by atoms with Gasteiger partial charge in [0, 0.05) is 12.6 Å². The number of rotatable bonds is 7. The second-order valence-electron chi connectivity index (χ2n) is 4.34. The van der Waals surface area contributed by atoms with Gasteiger partial charge in [0.25, 0.3) is 0 Å². The summed E-state index contributed by atoms with van der Waals surface area (Å²) in [5, 5.41) is 6.22. The third-order valence-electron chi connectivity index (χ3n) is 2.69. The molecule has 0 radical (unpaired) electrons. The summed E-state index contributed by atoms with van der Waals surface area (Å²) >= 11 is 5.96. The van der Waals surface area contributed by atoms with Gasteiger partial charge in [0.2, 0.25) is 0 Å². The number of carbonyl (C=O) groups is 1. The molecule has 0 aliphatic rings. The molecule has 0 aliphatic carbocycles. The molecule has 106 valence electrons. The number of carbonyl (C=O) groups excluding carboxylic acids is 1. The van der Waals surface area contributed by atoms with Crippen molar-refractivity contribution in [2.45, 2.75) is 32.7 Å². The van der Waals surface area contributed by atoms with E-state index in [-0.39, 0.29) is 12.1 Å². The van der Waals surface area contributed by atoms with Crippen LogP contribution in [0.15, 0.2) is 24.3 Å². The normalized spacial score (nSPS) is 11.7. The molecule has 0 aromatic heterocycles. The number of nitrogens with one attached hydrogen (secondary N) is 2. The van der Waals surface area contributed by atoms with E-state index in [0.717, 1.165) is 12.8 Å². The first-order valence-corrected chi connectivity index (χ1v) is 6.93. The Labute approximate surface area is 119 Å². The lowest BCUT2D eigenvalue weighted by Crippen LogP contribution is -2.41. The summed E-state index contributed by atoms with van der Waals surface area (Å²) in [5.74, 6) is 0.674. The molecule has 0 aliphatic heterocycles. The first kappa shape index (κ1) is 15.6. The van der Waals surface area contributed by atoms with Crippen molar-refractivity contribution in [1.29, 1.82) is 0 Å². The Balaban J connectivity index is 2.12. The number of hydrogen-bond donors (Lipinski definition) is 2. The van der Waals surface area contributed by atoms with Crippen molar-refractivity contribution in [3.8, 4) is 5.75 Å². The Morgan fingerprint density at radius 3 is 2.84 bits per heavy atom. The molecule has 19 heavy (non-hydrogen) atoms. The summed E-state index contributed by atoms with van der Waals surface area (Å²) in [6.07, 6.45) is 1.65. The van der Waals surface area contributed by atoms with Crippen LogP contribution >= 0.6 is 11.6 Å². The zero-order chi connectivity index (χ0) is 14.1. The summed E-state index contributed by atoms with van der Waals surface area (Å²) in [4.78, 5) is 11.4. The zero-order valence-corrected chi connectivity index (χ0v) is 12.2. The van der Waals surface area contributed by atoms with Crippen LogP contribution < -0.4 is 15.4 Å². The van der Waals surface area contributed by atoms with Crippen LogP contribution in [-0.4, -0.2) is 25.2 Å². The molecule has 2 N–H and O–H groups in total.